The van der Waals surface area contributed by atoms with Gasteiger partial charge in [-0.25, -0.2) is 0 Å². The van der Waals surface area contributed by atoms with Crippen LogP contribution < -0.4 is 4.74 Å². The van der Waals surface area contributed by atoms with Crippen molar-refractivity contribution >= 4 is 0 Å². The lowest BCUT2D eigenvalue weighted by molar-refractivity contribution is -0.869. The average molecular weight is 249 g/mol. The summed E-state index contributed by atoms with van der Waals surface area (Å²) in [5.74, 6) is 1.38. The molecule has 0 aromatic heterocycles. The van der Waals surface area contributed by atoms with Crippen molar-refractivity contribution < 1.29 is 9.38 Å². The van der Waals surface area contributed by atoms with Crippen LogP contribution in [0.5, 0.6) is 5.75 Å². The zero-order chi connectivity index (χ0) is 13.2. The Labute approximate surface area is 110 Å². The van der Waals surface area contributed by atoms with Crippen LogP contribution >= 0.6 is 0 Å². The van der Waals surface area contributed by atoms with Gasteiger partial charge in [0.05, 0.1) is 26.7 Å². The summed E-state index contributed by atoms with van der Waals surface area (Å²) < 4.78 is 5.84. The van der Waals surface area contributed by atoms with Crippen LogP contribution in [-0.4, -0.2) is 31.4 Å². The van der Waals surface area contributed by atoms with Crippen molar-refractivity contribution in [1.29, 1.82) is 0 Å². The van der Waals surface area contributed by atoms with Crippen molar-refractivity contribution in [2.75, 3.05) is 26.7 Å². The first kappa shape index (κ1) is 13.4. The number of ether oxygens (including phenoxy) is 1. The molecule has 3 heteroatoms. The van der Waals surface area contributed by atoms with Crippen molar-refractivity contribution in [2.24, 2.45) is 5.92 Å². The fourth-order valence-corrected chi connectivity index (χ4v) is 2.81. The van der Waals surface area contributed by atoms with Crippen molar-refractivity contribution in [3.63, 3.8) is 0 Å². The Hall–Kier alpha value is -1.06. The quantitative estimate of drug-likeness (QED) is 0.609. The number of piperidine rings is 1. The van der Waals surface area contributed by atoms with Crippen LogP contribution in [0.4, 0.5) is 0 Å². The number of rotatable bonds is 3. The lowest BCUT2D eigenvalue weighted by Crippen LogP contribution is -2.47. The first-order valence-corrected chi connectivity index (χ1v) is 6.72. The van der Waals surface area contributed by atoms with E-state index in [1.807, 2.05) is 6.07 Å². The minimum atomic E-state index is -0.110. The SMILES string of the molecule is Cc1cccc(C)c1OCC1CCC[N@+](C)([O-])C1. The lowest BCUT2D eigenvalue weighted by Gasteiger charge is -2.44. The van der Waals surface area contributed by atoms with Gasteiger partial charge in [-0.05, 0) is 37.8 Å². The van der Waals surface area contributed by atoms with Gasteiger partial charge >= 0.3 is 0 Å². The van der Waals surface area contributed by atoms with Gasteiger partial charge in [-0.15, -0.1) is 0 Å². The van der Waals surface area contributed by atoms with E-state index < -0.39 is 0 Å². The molecule has 1 aliphatic heterocycles. The molecule has 0 amide bonds. The molecule has 1 fully saturated rings. The van der Waals surface area contributed by atoms with Gasteiger partial charge in [0.2, 0.25) is 0 Å². The molecule has 100 valence electrons. The predicted octanol–water partition coefficient (Wildman–Crippen LogP) is 3.04. The number of quaternary nitrogens is 1. The number of hydrogen-bond acceptors (Lipinski definition) is 2. The smallest absolute Gasteiger partial charge is 0.125 e. The zero-order valence-corrected chi connectivity index (χ0v) is 11.6. The van der Waals surface area contributed by atoms with Crippen LogP contribution in [0.2, 0.25) is 0 Å². The molecule has 0 spiro atoms. The summed E-state index contributed by atoms with van der Waals surface area (Å²) in [7, 11) is 1.77. The van der Waals surface area contributed by atoms with E-state index in [0.29, 0.717) is 19.1 Å². The third-order valence-corrected chi connectivity index (χ3v) is 3.76. The normalized spacial score (nSPS) is 28.1. The fourth-order valence-electron chi connectivity index (χ4n) is 2.81. The first-order chi connectivity index (χ1) is 8.48. The number of hydrogen-bond donors (Lipinski definition) is 0. The molecule has 2 atom stereocenters. The maximum Gasteiger partial charge on any atom is 0.125 e. The molecule has 1 aromatic carbocycles. The highest BCUT2D eigenvalue weighted by atomic mass is 16.5. The molecule has 0 aliphatic carbocycles. The van der Waals surface area contributed by atoms with Gasteiger partial charge in [0.25, 0.3) is 0 Å². The zero-order valence-electron chi connectivity index (χ0n) is 11.6. The third kappa shape index (κ3) is 3.24. The van der Waals surface area contributed by atoms with Gasteiger partial charge in [-0.2, -0.15) is 0 Å². The van der Waals surface area contributed by atoms with E-state index in [-0.39, 0.29) is 4.65 Å². The number of aryl methyl sites for hydroxylation is 2. The molecule has 1 aliphatic rings. The van der Waals surface area contributed by atoms with Crippen molar-refractivity contribution in [3.05, 3.63) is 34.5 Å². The Morgan fingerprint density at radius 3 is 2.61 bits per heavy atom. The van der Waals surface area contributed by atoms with Crippen LogP contribution in [0.3, 0.4) is 0 Å². The van der Waals surface area contributed by atoms with Gasteiger partial charge in [-0.1, -0.05) is 18.2 Å². The monoisotopic (exact) mass is 249 g/mol. The Bertz CT molecular complexity index is 395. The van der Waals surface area contributed by atoms with Crippen molar-refractivity contribution in [2.45, 2.75) is 26.7 Å². The summed E-state index contributed by atoms with van der Waals surface area (Å²) >= 11 is 0. The van der Waals surface area contributed by atoms with E-state index in [4.69, 9.17) is 4.74 Å². The molecule has 1 heterocycles. The number of likely N-dealkylation sites (tertiary alicyclic amines) is 1. The van der Waals surface area contributed by atoms with Crippen LogP contribution in [0.1, 0.15) is 24.0 Å². The van der Waals surface area contributed by atoms with Gasteiger partial charge in [-0.3, -0.25) is 0 Å². The lowest BCUT2D eigenvalue weighted by atomic mass is 9.99. The largest absolute Gasteiger partial charge is 0.633 e. The molecule has 1 unspecified atom stereocenters. The van der Waals surface area contributed by atoms with Crippen LogP contribution in [-0.2, 0) is 0 Å². The minimum Gasteiger partial charge on any atom is -0.633 e. The highest BCUT2D eigenvalue weighted by Crippen LogP contribution is 2.25. The second kappa shape index (κ2) is 5.29. The van der Waals surface area contributed by atoms with Gasteiger partial charge in [0.1, 0.15) is 5.75 Å². The first-order valence-electron chi connectivity index (χ1n) is 6.72. The number of nitrogens with zero attached hydrogens (tertiary/aromatic N) is 1. The summed E-state index contributed by atoms with van der Waals surface area (Å²) in [4.78, 5) is 0. The summed E-state index contributed by atoms with van der Waals surface area (Å²) in [6, 6.07) is 6.18. The van der Waals surface area contributed by atoms with Crippen LogP contribution in [0.25, 0.3) is 0 Å². The van der Waals surface area contributed by atoms with Crippen LogP contribution in [0, 0.1) is 25.0 Å². The van der Waals surface area contributed by atoms with E-state index >= 15 is 0 Å². The van der Waals surface area contributed by atoms with E-state index in [2.05, 4.69) is 26.0 Å². The highest BCUT2D eigenvalue weighted by molar-refractivity contribution is 5.39. The molecule has 0 radical (unpaired) electrons. The molecule has 1 saturated heterocycles. The summed E-state index contributed by atoms with van der Waals surface area (Å²) in [5, 5.41) is 12.0. The molecule has 0 N–H and O–H groups in total. The highest BCUT2D eigenvalue weighted by Gasteiger charge is 2.25. The molecule has 0 saturated carbocycles. The van der Waals surface area contributed by atoms with Gasteiger partial charge in [0.15, 0.2) is 0 Å². The van der Waals surface area contributed by atoms with Gasteiger partial charge in [0, 0.05) is 5.92 Å². The van der Waals surface area contributed by atoms with Crippen LogP contribution in [0.15, 0.2) is 18.2 Å². The Kier molecular flexibility index (Phi) is 3.93. The number of para-hydroxylation sites is 1. The fraction of sp³-hybridized carbons (Fsp3) is 0.600. The van der Waals surface area contributed by atoms with E-state index in [1.165, 1.54) is 11.1 Å². The van der Waals surface area contributed by atoms with Gasteiger partial charge < -0.3 is 14.6 Å². The molecule has 18 heavy (non-hydrogen) atoms. The topological polar surface area (TPSA) is 32.3 Å². The second-order valence-corrected chi connectivity index (χ2v) is 5.74. The number of hydroxylamine groups is 3. The summed E-state index contributed by atoms with van der Waals surface area (Å²) in [6.07, 6.45) is 2.13. The second-order valence-electron chi connectivity index (χ2n) is 5.74. The Morgan fingerprint density at radius 2 is 2.00 bits per heavy atom. The molecular weight excluding hydrogens is 226 g/mol. The summed E-state index contributed by atoms with van der Waals surface area (Å²) in [6.45, 7) is 6.24. The standard InChI is InChI=1S/C15H23NO2/c1-12-6-4-7-13(2)15(12)18-11-14-8-5-9-16(3,17)10-14/h4,6-7,14H,5,8-11H2,1-3H3/t14?,16-/m0/s1. The molecular formula is C15H23NO2. The molecule has 1 aromatic rings. The Morgan fingerprint density at radius 1 is 1.33 bits per heavy atom. The Balaban J connectivity index is 1.95. The van der Waals surface area contributed by atoms with Crippen molar-refractivity contribution in [1.82, 2.24) is 0 Å². The molecule has 2 rings (SSSR count). The average Bonchev–Trinajstić information content (AvgIpc) is 2.27. The van der Waals surface area contributed by atoms with E-state index in [0.717, 1.165) is 25.1 Å². The predicted molar refractivity (Wildman–Crippen MR) is 73.4 cm³/mol. The van der Waals surface area contributed by atoms with E-state index in [1.54, 1.807) is 7.05 Å². The maximum absolute atomic E-state index is 12.0. The van der Waals surface area contributed by atoms with E-state index in [9.17, 15) is 5.21 Å². The third-order valence-electron chi connectivity index (χ3n) is 3.76. The molecule has 0 bridgehead atoms. The minimum absolute atomic E-state index is 0.110. The maximum atomic E-state index is 12.0. The van der Waals surface area contributed by atoms with Crippen molar-refractivity contribution in [3.8, 4) is 5.75 Å². The molecule has 3 nitrogen and oxygen atoms in total. The number of benzene rings is 1. The summed E-state index contributed by atoms with van der Waals surface area (Å²) in [5.41, 5.74) is 2.34.